The van der Waals surface area contributed by atoms with Gasteiger partial charge in [-0.1, -0.05) is 32.9 Å². The van der Waals surface area contributed by atoms with Gasteiger partial charge in [-0.25, -0.2) is 8.42 Å². The van der Waals surface area contributed by atoms with Crippen LogP contribution in [0, 0.1) is 0 Å². The number of rotatable bonds is 10. The minimum absolute atomic E-state index is 0.0641. The van der Waals surface area contributed by atoms with Crippen LogP contribution in [-0.4, -0.2) is 45.1 Å². The average Bonchev–Trinajstić information content (AvgIpc) is 2.80. The van der Waals surface area contributed by atoms with Gasteiger partial charge in [0.1, 0.15) is 18.1 Å². The Morgan fingerprint density at radius 1 is 1.03 bits per heavy atom. The first-order valence-electron chi connectivity index (χ1n) is 11.7. The van der Waals surface area contributed by atoms with Crippen molar-refractivity contribution in [3.63, 3.8) is 0 Å². The molecule has 0 saturated carbocycles. The van der Waals surface area contributed by atoms with Crippen LogP contribution in [0.4, 0.5) is 5.69 Å². The number of methoxy groups -OCH3 is 1. The molecule has 3 aromatic rings. The van der Waals surface area contributed by atoms with Crippen LogP contribution in [0.15, 0.2) is 53.5 Å². The van der Waals surface area contributed by atoms with Crippen molar-refractivity contribution in [2.24, 2.45) is 0 Å². The van der Waals surface area contributed by atoms with Gasteiger partial charge >= 0.3 is 0 Å². The van der Waals surface area contributed by atoms with E-state index >= 15 is 0 Å². The van der Waals surface area contributed by atoms with Gasteiger partial charge in [-0.2, -0.15) is 0 Å². The van der Waals surface area contributed by atoms with Crippen LogP contribution in [0.3, 0.4) is 0 Å². The third-order valence-electron chi connectivity index (χ3n) is 5.71. The fourth-order valence-corrected chi connectivity index (χ4v) is 4.65. The number of hydrogen-bond donors (Lipinski definition) is 3. The fourth-order valence-electron chi connectivity index (χ4n) is 4.09. The van der Waals surface area contributed by atoms with E-state index in [0.29, 0.717) is 41.2 Å². The predicted molar refractivity (Wildman–Crippen MR) is 143 cm³/mol. The van der Waals surface area contributed by atoms with Gasteiger partial charge in [0.2, 0.25) is 10.0 Å². The molecule has 194 valence electrons. The predicted octanol–water partition coefficient (Wildman–Crippen LogP) is 3.88. The molecule has 0 aliphatic carbocycles. The molecule has 3 N–H and O–H groups in total. The van der Waals surface area contributed by atoms with Gasteiger partial charge in [0.05, 0.1) is 25.5 Å². The summed E-state index contributed by atoms with van der Waals surface area (Å²) in [6, 6.07) is 12.6. The van der Waals surface area contributed by atoms with Crippen molar-refractivity contribution in [3.8, 4) is 22.6 Å². The van der Waals surface area contributed by atoms with Crippen LogP contribution < -0.4 is 19.8 Å². The van der Waals surface area contributed by atoms with Crippen molar-refractivity contribution >= 4 is 15.7 Å². The number of benzene rings is 2. The monoisotopic (exact) mass is 514 g/mol. The summed E-state index contributed by atoms with van der Waals surface area (Å²) in [4.78, 5) is 15.5. The molecule has 0 bridgehead atoms. The lowest BCUT2D eigenvalue weighted by Crippen LogP contribution is -2.18. The second-order valence-electron chi connectivity index (χ2n) is 9.62. The summed E-state index contributed by atoms with van der Waals surface area (Å²) >= 11 is 0. The molecular formula is C27H34N2O6S. The van der Waals surface area contributed by atoms with Gasteiger partial charge in [0.25, 0.3) is 5.56 Å². The second-order valence-corrected chi connectivity index (χ2v) is 11.4. The summed E-state index contributed by atoms with van der Waals surface area (Å²) in [7, 11) is -1.74. The van der Waals surface area contributed by atoms with Crippen molar-refractivity contribution < 1.29 is 23.0 Å². The van der Waals surface area contributed by atoms with E-state index in [4.69, 9.17) is 9.47 Å². The third-order valence-corrected chi connectivity index (χ3v) is 6.31. The number of aromatic nitrogens is 1. The van der Waals surface area contributed by atoms with Crippen molar-refractivity contribution in [2.45, 2.75) is 39.0 Å². The summed E-state index contributed by atoms with van der Waals surface area (Å²) in [6.45, 7) is 6.12. The molecule has 1 aromatic heterocycles. The first-order valence-corrected chi connectivity index (χ1v) is 13.6. The largest absolute Gasteiger partial charge is 0.496 e. The molecule has 0 spiro atoms. The van der Waals surface area contributed by atoms with Crippen LogP contribution in [0.25, 0.3) is 11.1 Å². The average molecular weight is 515 g/mol. The summed E-state index contributed by atoms with van der Waals surface area (Å²) in [5.74, 6) is 1.18. The van der Waals surface area contributed by atoms with E-state index < -0.39 is 10.0 Å². The highest BCUT2D eigenvalue weighted by atomic mass is 32.2. The smallest absolute Gasteiger partial charge is 0.255 e. The number of nitrogens with one attached hydrogen (secondary N) is 2. The van der Waals surface area contributed by atoms with Crippen molar-refractivity contribution in [1.82, 2.24) is 4.98 Å². The van der Waals surface area contributed by atoms with E-state index in [1.807, 2.05) is 18.2 Å². The zero-order chi connectivity index (χ0) is 26.5. The van der Waals surface area contributed by atoms with E-state index in [2.05, 4.69) is 30.5 Å². The Morgan fingerprint density at radius 3 is 2.28 bits per heavy atom. The Balaban J connectivity index is 2.13. The molecule has 3 rings (SSSR count). The van der Waals surface area contributed by atoms with E-state index in [1.54, 1.807) is 37.6 Å². The van der Waals surface area contributed by atoms with E-state index in [9.17, 15) is 18.3 Å². The van der Waals surface area contributed by atoms with Gasteiger partial charge in [-0.3, -0.25) is 9.52 Å². The number of aromatic amines is 1. The Bertz CT molecular complexity index is 1360. The Hall–Kier alpha value is -3.30. The van der Waals surface area contributed by atoms with Gasteiger partial charge in [-0.05, 0) is 54.2 Å². The molecule has 0 saturated heterocycles. The summed E-state index contributed by atoms with van der Waals surface area (Å²) in [5.41, 5.74) is 3.80. The first kappa shape index (κ1) is 27.3. The molecule has 8 nitrogen and oxygen atoms in total. The number of ether oxygens (including phenoxy) is 2. The molecule has 0 amide bonds. The maximum absolute atomic E-state index is 12.7. The Morgan fingerprint density at radius 2 is 1.72 bits per heavy atom. The van der Waals surface area contributed by atoms with Crippen molar-refractivity contribution in [3.05, 3.63) is 75.7 Å². The molecule has 0 aliphatic rings. The van der Waals surface area contributed by atoms with Crippen LogP contribution >= 0.6 is 0 Å². The zero-order valence-corrected chi connectivity index (χ0v) is 22.2. The molecule has 0 atom stereocenters. The third kappa shape index (κ3) is 6.67. The number of aliphatic hydroxyl groups excluding tert-OH is 1. The van der Waals surface area contributed by atoms with E-state index in [-0.39, 0.29) is 24.2 Å². The standard InChI is InChI=1S/C27H34N2O6S/c1-27(2,3)23-17-22(20-7-6-14-28-26(20)31)24(35-16-15-30)21(25(23)34-4)13-10-18-8-11-19(12-9-18)29-36(5,32)33/h6-9,11-12,14,17,29-30H,10,13,15-16H2,1-5H3,(H,28,31). The Labute approximate surface area is 212 Å². The van der Waals surface area contributed by atoms with Crippen LogP contribution in [-0.2, 0) is 28.3 Å². The molecule has 0 aliphatic heterocycles. The minimum Gasteiger partial charge on any atom is -0.496 e. The van der Waals surface area contributed by atoms with Gasteiger partial charge in [0, 0.05) is 28.6 Å². The molecule has 0 radical (unpaired) electrons. The summed E-state index contributed by atoms with van der Waals surface area (Å²) in [6.07, 6.45) is 3.84. The maximum atomic E-state index is 12.7. The van der Waals surface area contributed by atoms with E-state index in [1.165, 1.54) is 0 Å². The lowest BCUT2D eigenvalue weighted by Gasteiger charge is -2.28. The number of H-pyrrole nitrogens is 1. The van der Waals surface area contributed by atoms with Gasteiger partial charge in [0.15, 0.2) is 0 Å². The molecular weight excluding hydrogens is 480 g/mol. The molecule has 0 unspecified atom stereocenters. The van der Waals surface area contributed by atoms with Crippen molar-refractivity contribution in [2.75, 3.05) is 31.3 Å². The SMILES string of the molecule is COc1c(C(C)(C)C)cc(-c2ccc[nH]c2=O)c(OCCO)c1CCc1ccc(NS(C)(=O)=O)cc1. The zero-order valence-electron chi connectivity index (χ0n) is 21.3. The van der Waals surface area contributed by atoms with Gasteiger partial charge in [-0.15, -0.1) is 0 Å². The summed E-state index contributed by atoms with van der Waals surface area (Å²) in [5, 5.41) is 9.49. The molecule has 0 fully saturated rings. The molecule has 36 heavy (non-hydrogen) atoms. The van der Waals surface area contributed by atoms with Crippen LogP contribution in [0.1, 0.15) is 37.5 Å². The van der Waals surface area contributed by atoms with Crippen molar-refractivity contribution in [1.29, 1.82) is 0 Å². The van der Waals surface area contributed by atoms with Crippen LogP contribution in [0.5, 0.6) is 11.5 Å². The fraction of sp³-hybridized carbons (Fsp3) is 0.370. The second kappa shape index (κ2) is 11.2. The van der Waals surface area contributed by atoms with Crippen LogP contribution in [0.2, 0.25) is 0 Å². The first-order chi connectivity index (χ1) is 16.9. The minimum atomic E-state index is -3.35. The highest BCUT2D eigenvalue weighted by Gasteiger charge is 2.28. The number of aryl methyl sites for hydroxylation is 1. The number of hydrogen-bond acceptors (Lipinski definition) is 6. The topological polar surface area (TPSA) is 118 Å². The normalized spacial score (nSPS) is 11.8. The number of aliphatic hydroxyl groups is 1. The summed E-state index contributed by atoms with van der Waals surface area (Å²) < 4.78 is 37.4. The highest BCUT2D eigenvalue weighted by Crippen LogP contribution is 2.45. The molecule has 1 heterocycles. The number of pyridine rings is 1. The maximum Gasteiger partial charge on any atom is 0.255 e. The number of sulfonamides is 1. The molecule has 9 heteroatoms. The Kier molecular flexibility index (Phi) is 8.47. The van der Waals surface area contributed by atoms with E-state index in [0.717, 1.165) is 22.9 Å². The quantitative estimate of drug-likeness (QED) is 0.378. The van der Waals surface area contributed by atoms with Gasteiger partial charge < -0.3 is 19.6 Å². The lowest BCUT2D eigenvalue weighted by atomic mass is 9.82. The molecule has 2 aromatic carbocycles. The lowest BCUT2D eigenvalue weighted by molar-refractivity contribution is 0.200. The number of anilines is 1. The highest BCUT2D eigenvalue weighted by molar-refractivity contribution is 7.92.